The summed E-state index contributed by atoms with van der Waals surface area (Å²) in [6, 6.07) is -1.04. The summed E-state index contributed by atoms with van der Waals surface area (Å²) >= 11 is 0. The minimum absolute atomic E-state index is 0.0783. The summed E-state index contributed by atoms with van der Waals surface area (Å²) in [4.78, 5) is 23.4. The molecule has 0 saturated carbocycles. The number of hydrogen-bond acceptors (Lipinski definition) is 4. The average Bonchev–Trinajstić information content (AvgIpc) is 2.09. The second-order valence-corrected chi connectivity index (χ2v) is 4.40. The number of aliphatic carboxylic acids is 1. The van der Waals surface area contributed by atoms with Crippen LogP contribution in [-0.2, 0) is 14.3 Å². The highest BCUT2D eigenvalue weighted by atomic mass is 16.6. The van der Waals surface area contributed by atoms with Crippen LogP contribution in [0.1, 0.15) is 20.8 Å². The molecule has 16 heavy (non-hydrogen) atoms. The van der Waals surface area contributed by atoms with Gasteiger partial charge in [0, 0.05) is 14.2 Å². The van der Waals surface area contributed by atoms with E-state index in [2.05, 4.69) is 0 Å². The Kier molecular flexibility index (Phi) is 5.23. The number of ether oxygens (including phenoxy) is 2. The molecule has 6 nitrogen and oxygen atoms in total. The van der Waals surface area contributed by atoms with E-state index in [1.807, 2.05) is 0 Å². The highest BCUT2D eigenvalue weighted by molar-refractivity contribution is 5.80. The molecule has 1 N–H and O–H groups in total. The van der Waals surface area contributed by atoms with Crippen molar-refractivity contribution >= 4 is 12.1 Å². The van der Waals surface area contributed by atoms with Gasteiger partial charge in [0.2, 0.25) is 0 Å². The van der Waals surface area contributed by atoms with E-state index < -0.39 is 23.7 Å². The summed E-state index contributed by atoms with van der Waals surface area (Å²) in [5.41, 5.74) is -0.651. The SMILES string of the molecule is COC[C@@H](C(=O)O)N(C)C(=O)OC(C)(C)C. The fourth-order valence-electron chi connectivity index (χ4n) is 0.968. The van der Waals surface area contributed by atoms with E-state index >= 15 is 0 Å². The second kappa shape index (κ2) is 5.69. The Bertz CT molecular complexity index is 258. The van der Waals surface area contributed by atoms with Crippen molar-refractivity contribution in [1.82, 2.24) is 4.90 Å². The van der Waals surface area contributed by atoms with Crippen molar-refractivity contribution in [3.63, 3.8) is 0 Å². The van der Waals surface area contributed by atoms with Gasteiger partial charge < -0.3 is 14.6 Å². The second-order valence-electron chi connectivity index (χ2n) is 4.40. The van der Waals surface area contributed by atoms with E-state index in [9.17, 15) is 9.59 Å². The lowest BCUT2D eigenvalue weighted by atomic mass is 10.2. The van der Waals surface area contributed by atoms with Gasteiger partial charge in [-0.15, -0.1) is 0 Å². The molecule has 0 aromatic carbocycles. The van der Waals surface area contributed by atoms with Crippen LogP contribution >= 0.6 is 0 Å². The summed E-state index contributed by atoms with van der Waals surface area (Å²) in [5, 5.41) is 8.89. The van der Waals surface area contributed by atoms with Gasteiger partial charge in [0.15, 0.2) is 6.04 Å². The molecule has 6 heteroatoms. The van der Waals surface area contributed by atoms with Crippen LogP contribution in [0.15, 0.2) is 0 Å². The van der Waals surface area contributed by atoms with Crippen molar-refractivity contribution in [3.8, 4) is 0 Å². The number of carbonyl (C=O) groups is 2. The Balaban J connectivity index is 4.55. The molecule has 94 valence electrons. The number of methoxy groups -OCH3 is 1. The summed E-state index contributed by atoms with van der Waals surface area (Å²) in [5.74, 6) is -1.13. The van der Waals surface area contributed by atoms with Crippen LogP contribution in [0.25, 0.3) is 0 Å². The predicted octanol–water partition coefficient (Wildman–Crippen LogP) is 0.953. The number of rotatable bonds is 4. The maximum atomic E-state index is 11.6. The fraction of sp³-hybridized carbons (Fsp3) is 0.800. The molecule has 0 aliphatic carbocycles. The van der Waals surface area contributed by atoms with Crippen molar-refractivity contribution in [3.05, 3.63) is 0 Å². The third-order valence-electron chi connectivity index (χ3n) is 1.76. The molecule has 0 aromatic rings. The van der Waals surface area contributed by atoms with Crippen molar-refractivity contribution in [2.45, 2.75) is 32.4 Å². The topological polar surface area (TPSA) is 76.1 Å². The van der Waals surface area contributed by atoms with Crippen LogP contribution in [-0.4, -0.2) is 54.5 Å². The van der Waals surface area contributed by atoms with Crippen LogP contribution in [0.5, 0.6) is 0 Å². The molecule has 0 unspecified atom stereocenters. The molecule has 0 rings (SSSR count). The Labute approximate surface area is 95.1 Å². The van der Waals surface area contributed by atoms with E-state index in [4.69, 9.17) is 14.6 Å². The number of hydrogen-bond donors (Lipinski definition) is 1. The van der Waals surface area contributed by atoms with Crippen molar-refractivity contribution < 1.29 is 24.2 Å². The largest absolute Gasteiger partial charge is 0.480 e. The van der Waals surface area contributed by atoms with Crippen LogP contribution in [0.3, 0.4) is 0 Å². The summed E-state index contributed by atoms with van der Waals surface area (Å²) in [7, 11) is 2.74. The van der Waals surface area contributed by atoms with E-state index in [0.717, 1.165) is 4.90 Å². The molecule has 0 spiro atoms. The fourth-order valence-corrected chi connectivity index (χ4v) is 0.968. The van der Waals surface area contributed by atoms with Gasteiger partial charge in [0.1, 0.15) is 5.60 Å². The first-order valence-corrected chi connectivity index (χ1v) is 4.86. The Morgan fingerprint density at radius 3 is 2.19 bits per heavy atom. The summed E-state index contributed by atoms with van der Waals surface area (Å²) in [6.07, 6.45) is -0.683. The van der Waals surface area contributed by atoms with E-state index in [-0.39, 0.29) is 6.61 Å². The van der Waals surface area contributed by atoms with Crippen molar-refractivity contribution in [2.75, 3.05) is 20.8 Å². The van der Waals surface area contributed by atoms with Gasteiger partial charge in [-0.3, -0.25) is 4.90 Å². The van der Waals surface area contributed by atoms with Gasteiger partial charge in [-0.2, -0.15) is 0 Å². The van der Waals surface area contributed by atoms with Crippen LogP contribution in [0.2, 0.25) is 0 Å². The molecule has 1 amide bonds. The van der Waals surface area contributed by atoms with Gasteiger partial charge in [-0.25, -0.2) is 9.59 Å². The van der Waals surface area contributed by atoms with Crippen LogP contribution < -0.4 is 0 Å². The van der Waals surface area contributed by atoms with E-state index in [1.54, 1.807) is 20.8 Å². The maximum Gasteiger partial charge on any atom is 0.410 e. The lowest BCUT2D eigenvalue weighted by molar-refractivity contribution is -0.144. The van der Waals surface area contributed by atoms with Crippen molar-refractivity contribution in [2.24, 2.45) is 0 Å². The first-order chi connectivity index (χ1) is 7.19. The molecule has 0 saturated heterocycles. The molecule has 0 bridgehead atoms. The van der Waals surface area contributed by atoms with Gasteiger partial charge in [0.25, 0.3) is 0 Å². The van der Waals surface area contributed by atoms with E-state index in [0.29, 0.717) is 0 Å². The highest BCUT2D eigenvalue weighted by Crippen LogP contribution is 2.11. The summed E-state index contributed by atoms with van der Waals surface area (Å²) < 4.78 is 9.78. The zero-order valence-electron chi connectivity index (χ0n) is 10.3. The first-order valence-electron chi connectivity index (χ1n) is 4.86. The smallest absolute Gasteiger partial charge is 0.410 e. The molecule has 1 atom stereocenters. The third kappa shape index (κ3) is 4.97. The zero-order valence-corrected chi connectivity index (χ0v) is 10.3. The Morgan fingerprint density at radius 1 is 1.38 bits per heavy atom. The molecule has 0 heterocycles. The van der Waals surface area contributed by atoms with Crippen LogP contribution in [0, 0.1) is 0 Å². The normalized spacial score (nSPS) is 13.1. The number of likely N-dealkylation sites (N-methyl/N-ethyl adjacent to an activating group) is 1. The predicted molar refractivity (Wildman–Crippen MR) is 57.3 cm³/mol. The Hall–Kier alpha value is -1.30. The van der Waals surface area contributed by atoms with Gasteiger partial charge >= 0.3 is 12.1 Å². The standard InChI is InChI=1S/C10H19NO5/c1-10(2,3)16-9(14)11(4)7(6-15-5)8(12)13/h7H,6H2,1-5H3,(H,12,13)/t7-/m0/s1. The molecular formula is C10H19NO5. The number of amides is 1. The molecular weight excluding hydrogens is 214 g/mol. The lowest BCUT2D eigenvalue weighted by Gasteiger charge is -2.28. The Morgan fingerprint density at radius 2 is 1.88 bits per heavy atom. The van der Waals surface area contributed by atoms with Gasteiger partial charge in [-0.05, 0) is 20.8 Å². The molecule has 0 fully saturated rings. The molecule has 0 aromatic heterocycles. The number of nitrogens with zero attached hydrogens (tertiary/aromatic N) is 1. The maximum absolute atomic E-state index is 11.6. The third-order valence-corrected chi connectivity index (χ3v) is 1.76. The number of carboxylic acids is 1. The van der Waals surface area contributed by atoms with Gasteiger partial charge in [-0.1, -0.05) is 0 Å². The minimum atomic E-state index is -1.13. The highest BCUT2D eigenvalue weighted by Gasteiger charge is 2.29. The molecule has 0 aliphatic heterocycles. The average molecular weight is 233 g/mol. The first kappa shape index (κ1) is 14.7. The lowest BCUT2D eigenvalue weighted by Crippen LogP contribution is -2.47. The van der Waals surface area contributed by atoms with Crippen LogP contribution in [0.4, 0.5) is 4.79 Å². The summed E-state index contributed by atoms with van der Waals surface area (Å²) in [6.45, 7) is 5.06. The molecule has 0 radical (unpaired) electrons. The van der Waals surface area contributed by atoms with E-state index in [1.165, 1.54) is 14.2 Å². The van der Waals surface area contributed by atoms with Crippen molar-refractivity contribution in [1.29, 1.82) is 0 Å². The minimum Gasteiger partial charge on any atom is -0.480 e. The number of carbonyl (C=O) groups excluding carboxylic acids is 1. The number of carboxylic acid groups (broad SMARTS) is 1. The monoisotopic (exact) mass is 233 g/mol. The quantitative estimate of drug-likeness (QED) is 0.782. The van der Waals surface area contributed by atoms with Gasteiger partial charge in [0.05, 0.1) is 6.61 Å². The molecule has 0 aliphatic rings. The zero-order chi connectivity index (χ0) is 12.9.